The predicted molar refractivity (Wildman–Crippen MR) is 97.0 cm³/mol. The van der Waals surface area contributed by atoms with E-state index < -0.39 is 11.9 Å². The van der Waals surface area contributed by atoms with Gasteiger partial charge >= 0.3 is 6.03 Å². The first-order valence-corrected chi connectivity index (χ1v) is 8.10. The van der Waals surface area contributed by atoms with Crippen LogP contribution in [0.4, 0.5) is 10.5 Å². The van der Waals surface area contributed by atoms with Crippen LogP contribution in [0.3, 0.4) is 0 Å². The van der Waals surface area contributed by atoms with E-state index in [9.17, 15) is 14.4 Å². The number of nitrogens with one attached hydrogen (secondary N) is 3. The van der Waals surface area contributed by atoms with E-state index in [1.165, 1.54) is 0 Å². The largest absolute Gasteiger partial charge is 0.376 e. The smallest absolute Gasteiger partial charge is 0.321 e. The van der Waals surface area contributed by atoms with Crippen molar-refractivity contribution in [2.45, 2.75) is 6.92 Å². The molecule has 0 radical (unpaired) electrons. The first-order chi connectivity index (χ1) is 12.0. The molecule has 0 bridgehead atoms. The van der Waals surface area contributed by atoms with Crippen LogP contribution in [0.15, 0.2) is 48.5 Å². The quantitative estimate of drug-likeness (QED) is 0.692. The highest BCUT2D eigenvalue weighted by atomic mass is 35.5. The molecule has 25 heavy (non-hydrogen) atoms. The maximum Gasteiger partial charge on any atom is 0.321 e. The van der Waals surface area contributed by atoms with E-state index in [1.807, 2.05) is 6.07 Å². The average Bonchev–Trinajstić information content (AvgIpc) is 2.61. The van der Waals surface area contributed by atoms with Crippen LogP contribution in [-0.4, -0.2) is 30.8 Å². The Labute approximate surface area is 150 Å². The van der Waals surface area contributed by atoms with E-state index in [1.54, 1.807) is 49.4 Å². The van der Waals surface area contributed by atoms with Crippen LogP contribution >= 0.6 is 11.6 Å². The SMILES string of the molecule is CCNC(=O)NC(=O)CNc1ccc(Cl)cc1C(=O)c1ccccc1. The molecule has 0 saturated carbocycles. The summed E-state index contributed by atoms with van der Waals surface area (Å²) in [6.07, 6.45) is 0. The standard InChI is InChI=1S/C18H18ClN3O3/c1-2-20-18(25)22-16(23)11-21-15-9-8-13(19)10-14(15)17(24)12-6-4-3-5-7-12/h3-10,21H,2,11H2,1H3,(H2,20,22,23,25). The van der Waals surface area contributed by atoms with Crippen LogP contribution in [0.2, 0.25) is 5.02 Å². The molecule has 0 atom stereocenters. The molecule has 0 unspecified atom stereocenters. The lowest BCUT2D eigenvalue weighted by Gasteiger charge is -2.12. The van der Waals surface area contributed by atoms with Gasteiger partial charge in [0.05, 0.1) is 6.54 Å². The summed E-state index contributed by atoms with van der Waals surface area (Å²) >= 11 is 6.00. The van der Waals surface area contributed by atoms with Crippen LogP contribution in [0, 0.1) is 0 Å². The summed E-state index contributed by atoms with van der Waals surface area (Å²) in [4.78, 5) is 35.8. The van der Waals surface area contributed by atoms with Gasteiger partial charge in [0.25, 0.3) is 0 Å². The number of carbonyl (C=O) groups is 3. The molecule has 0 fully saturated rings. The van der Waals surface area contributed by atoms with Crippen LogP contribution < -0.4 is 16.0 Å². The van der Waals surface area contributed by atoms with Gasteiger partial charge in [-0.05, 0) is 25.1 Å². The third-order valence-electron chi connectivity index (χ3n) is 3.29. The molecule has 0 spiro atoms. The summed E-state index contributed by atoms with van der Waals surface area (Å²) in [5.41, 5.74) is 1.33. The number of amides is 3. The summed E-state index contributed by atoms with van der Waals surface area (Å²) < 4.78 is 0. The molecule has 0 heterocycles. The van der Waals surface area contributed by atoms with Gasteiger partial charge in [-0.1, -0.05) is 41.9 Å². The fourth-order valence-corrected chi connectivity index (χ4v) is 2.33. The van der Waals surface area contributed by atoms with Gasteiger partial charge in [-0.2, -0.15) is 0 Å². The zero-order chi connectivity index (χ0) is 18.2. The van der Waals surface area contributed by atoms with E-state index in [0.29, 0.717) is 28.4 Å². The molecule has 0 aromatic heterocycles. The monoisotopic (exact) mass is 359 g/mol. The Morgan fingerprint density at radius 3 is 2.44 bits per heavy atom. The third kappa shape index (κ3) is 5.32. The second-order valence-electron chi connectivity index (χ2n) is 5.15. The number of imide groups is 1. The fourth-order valence-electron chi connectivity index (χ4n) is 2.15. The Morgan fingerprint density at radius 1 is 1.04 bits per heavy atom. The molecule has 0 aliphatic carbocycles. The van der Waals surface area contributed by atoms with E-state index in [2.05, 4.69) is 16.0 Å². The van der Waals surface area contributed by atoms with Crippen LogP contribution in [0.1, 0.15) is 22.8 Å². The topological polar surface area (TPSA) is 87.3 Å². The zero-order valence-corrected chi connectivity index (χ0v) is 14.4. The first kappa shape index (κ1) is 18.5. The third-order valence-corrected chi connectivity index (χ3v) is 3.53. The minimum absolute atomic E-state index is 0.159. The molecule has 0 aliphatic heterocycles. The van der Waals surface area contributed by atoms with E-state index in [4.69, 9.17) is 11.6 Å². The Morgan fingerprint density at radius 2 is 1.76 bits per heavy atom. The van der Waals surface area contributed by atoms with E-state index >= 15 is 0 Å². The van der Waals surface area contributed by atoms with Gasteiger partial charge in [0.2, 0.25) is 5.91 Å². The van der Waals surface area contributed by atoms with Crippen molar-refractivity contribution in [3.05, 3.63) is 64.7 Å². The van der Waals surface area contributed by atoms with Crippen LogP contribution in [-0.2, 0) is 4.79 Å². The molecule has 130 valence electrons. The molecule has 2 rings (SSSR count). The molecule has 7 heteroatoms. The number of halogens is 1. The molecule has 2 aromatic rings. The van der Waals surface area contributed by atoms with Gasteiger partial charge in [-0.15, -0.1) is 0 Å². The second kappa shape index (κ2) is 8.84. The van der Waals surface area contributed by atoms with Crippen molar-refractivity contribution >= 4 is 35.0 Å². The predicted octanol–water partition coefficient (Wildman–Crippen LogP) is 2.83. The van der Waals surface area contributed by atoms with Crippen LogP contribution in [0.25, 0.3) is 0 Å². The molecule has 0 saturated heterocycles. The Balaban J connectivity index is 2.12. The number of rotatable bonds is 6. The lowest BCUT2D eigenvalue weighted by molar-refractivity contribution is -0.118. The Hall–Kier alpha value is -2.86. The molecule has 2 aromatic carbocycles. The highest BCUT2D eigenvalue weighted by Crippen LogP contribution is 2.23. The Kier molecular flexibility index (Phi) is 6.54. The van der Waals surface area contributed by atoms with Crippen molar-refractivity contribution in [1.29, 1.82) is 0 Å². The second-order valence-corrected chi connectivity index (χ2v) is 5.58. The summed E-state index contributed by atoms with van der Waals surface area (Å²) in [6, 6.07) is 13.0. The van der Waals surface area contributed by atoms with Crippen molar-refractivity contribution < 1.29 is 14.4 Å². The molecule has 3 N–H and O–H groups in total. The van der Waals surface area contributed by atoms with Gasteiger partial charge in [-0.3, -0.25) is 14.9 Å². The first-order valence-electron chi connectivity index (χ1n) is 7.72. The van der Waals surface area contributed by atoms with Gasteiger partial charge in [0.1, 0.15) is 0 Å². The number of benzene rings is 2. The van der Waals surface area contributed by atoms with Crippen molar-refractivity contribution in [2.24, 2.45) is 0 Å². The average molecular weight is 360 g/mol. The lowest BCUT2D eigenvalue weighted by Crippen LogP contribution is -2.41. The van der Waals surface area contributed by atoms with Crippen molar-refractivity contribution in [2.75, 3.05) is 18.4 Å². The Bertz CT molecular complexity index is 778. The number of anilines is 1. The maximum absolute atomic E-state index is 12.7. The van der Waals surface area contributed by atoms with Gasteiger partial charge in [-0.25, -0.2) is 4.79 Å². The number of urea groups is 1. The van der Waals surface area contributed by atoms with Gasteiger partial charge in [0.15, 0.2) is 5.78 Å². The minimum Gasteiger partial charge on any atom is -0.376 e. The molecule has 0 aliphatic rings. The normalized spacial score (nSPS) is 10.0. The van der Waals surface area contributed by atoms with Crippen molar-refractivity contribution in [3.8, 4) is 0 Å². The molecule has 6 nitrogen and oxygen atoms in total. The van der Waals surface area contributed by atoms with Crippen molar-refractivity contribution in [3.63, 3.8) is 0 Å². The summed E-state index contributed by atoms with van der Waals surface area (Å²) in [6.45, 7) is 2.00. The number of hydrogen-bond acceptors (Lipinski definition) is 4. The van der Waals surface area contributed by atoms with Crippen LogP contribution in [0.5, 0.6) is 0 Å². The lowest BCUT2D eigenvalue weighted by atomic mass is 10.0. The maximum atomic E-state index is 12.7. The fraction of sp³-hybridized carbons (Fsp3) is 0.167. The summed E-state index contributed by atoms with van der Waals surface area (Å²) in [5.74, 6) is -0.728. The summed E-state index contributed by atoms with van der Waals surface area (Å²) in [7, 11) is 0. The van der Waals surface area contributed by atoms with Gasteiger partial charge < -0.3 is 10.6 Å². The highest BCUT2D eigenvalue weighted by molar-refractivity contribution is 6.31. The zero-order valence-electron chi connectivity index (χ0n) is 13.6. The van der Waals surface area contributed by atoms with E-state index in [-0.39, 0.29) is 12.3 Å². The minimum atomic E-state index is -0.564. The highest BCUT2D eigenvalue weighted by Gasteiger charge is 2.15. The van der Waals surface area contributed by atoms with Crippen molar-refractivity contribution in [1.82, 2.24) is 10.6 Å². The number of hydrogen-bond donors (Lipinski definition) is 3. The number of ketones is 1. The number of carbonyl (C=O) groups excluding carboxylic acids is 3. The molecular weight excluding hydrogens is 342 g/mol. The van der Waals surface area contributed by atoms with E-state index in [0.717, 1.165) is 0 Å². The van der Waals surface area contributed by atoms with Gasteiger partial charge in [0, 0.05) is 28.4 Å². The molecule has 3 amide bonds. The summed E-state index contributed by atoms with van der Waals surface area (Å²) in [5, 5.41) is 7.92. The molecular formula is C18H18ClN3O3.